The highest BCUT2D eigenvalue weighted by Crippen LogP contribution is 2.21. The summed E-state index contributed by atoms with van der Waals surface area (Å²) in [6.45, 7) is 7.30. The molecule has 0 aliphatic carbocycles. The Morgan fingerprint density at radius 1 is 1.38 bits per heavy atom. The van der Waals surface area contributed by atoms with Crippen molar-refractivity contribution < 1.29 is 4.79 Å². The van der Waals surface area contributed by atoms with Gasteiger partial charge < -0.3 is 10.6 Å². The van der Waals surface area contributed by atoms with E-state index in [0.29, 0.717) is 19.0 Å². The first-order valence-corrected chi connectivity index (χ1v) is 7.95. The molecule has 21 heavy (non-hydrogen) atoms. The van der Waals surface area contributed by atoms with Gasteiger partial charge in [-0.2, -0.15) is 0 Å². The van der Waals surface area contributed by atoms with Crippen LogP contribution in [0, 0.1) is 12.8 Å². The Bertz CT molecular complexity index is 458. The van der Waals surface area contributed by atoms with E-state index in [0.717, 1.165) is 31.6 Å². The maximum Gasteiger partial charge on any atom is 0.324 e. The van der Waals surface area contributed by atoms with Crippen LogP contribution in [0.5, 0.6) is 0 Å². The summed E-state index contributed by atoms with van der Waals surface area (Å²) in [5, 5.41) is 0. The summed E-state index contributed by atoms with van der Waals surface area (Å²) in [5.74, 6) is 0.595. The smallest absolute Gasteiger partial charge is 0.324 e. The monoisotopic (exact) mass is 289 g/mol. The fourth-order valence-corrected chi connectivity index (χ4v) is 2.84. The first kappa shape index (κ1) is 15.8. The summed E-state index contributed by atoms with van der Waals surface area (Å²) in [4.78, 5) is 16.7. The van der Waals surface area contributed by atoms with Gasteiger partial charge in [0.05, 0.1) is 0 Å². The number of aryl methyl sites for hydroxylation is 1. The third kappa shape index (κ3) is 4.21. The van der Waals surface area contributed by atoms with Crippen molar-refractivity contribution in [3.05, 3.63) is 29.8 Å². The van der Waals surface area contributed by atoms with Crippen molar-refractivity contribution in [2.24, 2.45) is 11.7 Å². The fourth-order valence-electron chi connectivity index (χ4n) is 2.84. The lowest BCUT2D eigenvalue weighted by molar-refractivity contribution is 0.176. The lowest BCUT2D eigenvalue weighted by atomic mass is 10.0. The van der Waals surface area contributed by atoms with E-state index in [-0.39, 0.29) is 6.03 Å². The van der Waals surface area contributed by atoms with Crippen LogP contribution in [0.3, 0.4) is 0 Å². The van der Waals surface area contributed by atoms with Gasteiger partial charge in [-0.3, -0.25) is 4.90 Å². The minimum Gasteiger partial charge on any atom is -0.330 e. The van der Waals surface area contributed by atoms with Gasteiger partial charge in [-0.25, -0.2) is 4.79 Å². The highest BCUT2D eigenvalue weighted by molar-refractivity contribution is 5.92. The number of anilines is 1. The summed E-state index contributed by atoms with van der Waals surface area (Å²) in [7, 11) is 0. The molecule has 1 aliphatic heterocycles. The van der Waals surface area contributed by atoms with Gasteiger partial charge >= 0.3 is 6.03 Å². The summed E-state index contributed by atoms with van der Waals surface area (Å²) < 4.78 is 0. The minimum absolute atomic E-state index is 0.124. The van der Waals surface area contributed by atoms with Crippen molar-refractivity contribution >= 4 is 11.7 Å². The van der Waals surface area contributed by atoms with E-state index in [4.69, 9.17) is 5.73 Å². The van der Waals surface area contributed by atoms with Crippen molar-refractivity contribution in [3.8, 4) is 0 Å². The first-order chi connectivity index (χ1) is 10.1. The molecule has 1 heterocycles. The maximum absolute atomic E-state index is 12.8. The van der Waals surface area contributed by atoms with Crippen LogP contribution in [0.15, 0.2) is 24.3 Å². The summed E-state index contributed by atoms with van der Waals surface area (Å²) >= 11 is 0. The number of likely N-dealkylation sites (tertiary alicyclic amines) is 1. The second-order valence-electron chi connectivity index (χ2n) is 6.11. The molecule has 2 amide bonds. The van der Waals surface area contributed by atoms with Crippen LogP contribution < -0.4 is 10.6 Å². The molecule has 0 radical (unpaired) electrons. The van der Waals surface area contributed by atoms with Crippen LogP contribution >= 0.6 is 0 Å². The summed E-state index contributed by atoms with van der Waals surface area (Å²) in [6.07, 6.45) is 3.14. The van der Waals surface area contributed by atoms with Crippen molar-refractivity contribution in [1.29, 1.82) is 0 Å². The van der Waals surface area contributed by atoms with Crippen LogP contribution in [0.1, 0.15) is 31.7 Å². The van der Waals surface area contributed by atoms with E-state index < -0.39 is 0 Å². The van der Waals surface area contributed by atoms with Gasteiger partial charge in [0.2, 0.25) is 0 Å². The Kier molecular flexibility index (Phi) is 5.62. The second-order valence-corrected chi connectivity index (χ2v) is 6.11. The predicted octanol–water partition coefficient (Wildman–Crippen LogP) is 3.00. The number of nitrogens with zero attached hydrogens (tertiary/aromatic N) is 2. The van der Waals surface area contributed by atoms with Gasteiger partial charge in [-0.05, 0) is 50.8 Å². The van der Waals surface area contributed by atoms with E-state index in [9.17, 15) is 4.79 Å². The maximum atomic E-state index is 12.8. The van der Waals surface area contributed by atoms with Crippen molar-refractivity contribution in [2.75, 3.05) is 31.1 Å². The summed E-state index contributed by atoms with van der Waals surface area (Å²) in [5.41, 5.74) is 7.80. The molecule has 2 rings (SSSR count). The SMILES string of the molecule is Cc1ccc(N(CCCN)C(=O)N2CCCC(C)C2)cc1. The molecular formula is C17H27N3O. The molecule has 0 saturated carbocycles. The second kappa shape index (κ2) is 7.46. The Labute approximate surface area is 127 Å². The zero-order chi connectivity index (χ0) is 15.2. The number of hydrogen-bond acceptors (Lipinski definition) is 2. The fraction of sp³-hybridized carbons (Fsp3) is 0.588. The molecule has 1 aliphatic rings. The third-order valence-corrected chi connectivity index (χ3v) is 4.09. The Morgan fingerprint density at radius 2 is 2.10 bits per heavy atom. The molecule has 1 unspecified atom stereocenters. The molecule has 1 saturated heterocycles. The molecule has 0 spiro atoms. The molecule has 4 nitrogen and oxygen atoms in total. The number of amides is 2. The number of carbonyl (C=O) groups excluding carboxylic acids is 1. The zero-order valence-corrected chi connectivity index (χ0v) is 13.2. The molecule has 1 fully saturated rings. The van der Waals surface area contributed by atoms with Crippen LogP contribution in [0.4, 0.5) is 10.5 Å². The summed E-state index contributed by atoms with van der Waals surface area (Å²) in [6, 6.07) is 8.28. The molecule has 1 aromatic rings. The number of rotatable bonds is 4. The molecule has 116 valence electrons. The Hall–Kier alpha value is -1.55. The van der Waals surface area contributed by atoms with Crippen LogP contribution in [-0.2, 0) is 0 Å². The van der Waals surface area contributed by atoms with Gasteiger partial charge in [-0.15, -0.1) is 0 Å². The number of piperidine rings is 1. The molecule has 0 bridgehead atoms. The van der Waals surface area contributed by atoms with Crippen LogP contribution in [0.25, 0.3) is 0 Å². The van der Waals surface area contributed by atoms with Gasteiger partial charge in [0.15, 0.2) is 0 Å². The highest BCUT2D eigenvalue weighted by Gasteiger charge is 2.25. The molecule has 1 aromatic carbocycles. The van der Waals surface area contributed by atoms with Crippen molar-refractivity contribution in [2.45, 2.75) is 33.1 Å². The third-order valence-electron chi connectivity index (χ3n) is 4.09. The van der Waals surface area contributed by atoms with Gasteiger partial charge in [0, 0.05) is 25.3 Å². The van der Waals surface area contributed by atoms with E-state index in [2.05, 4.69) is 26.0 Å². The number of benzene rings is 1. The Balaban J connectivity index is 2.14. The van der Waals surface area contributed by atoms with Gasteiger partial charge in [0.25, 0.3) is 0 Å². The van der Waals surface area contributed by atoms with Crippen molar-refractivity contribution in [1.82, 2.24) is 4.90 Å². The topological polar surface area (TPSA) is 49.6 Å². The molecule has 1 atom stereocenters. The average Bonchev–Trinajstić information content (AvgIpc) is 2.49. The molecule has 4 heteroatoms. The van der Waals surface area contributed by atoms with Gasteiger partial charge in [-0.1, -0.05) is 24.6 Å². The Morgan fingerprint density at radius 3 is 2.71 bits per heavy atom. The normalized spacial score (nSPS) is 18.6. The van der Waals surface area contributed by atoms with E-state index in [1.807, 2.05) is 21.9 Å². The number of hydrogen-bond donors (Lipinski definition) is 1. The van der Waals surface area contributed by atoms with E-state index in [1.165, 1.54) is 12.0 Å². The average molecular weight is 289 g/mol. The van der Waals surface area contributed by atoms with Gasteiger partial charge in [0.1, 0.15) is 0 Å². The molecule has 2 N–H and O–H groups in total. The quantitative estimate of drug-likeness (QED) is 0.926. The minimum atomic E-state index is 0.124. The lowest BCUT2D eigenvalue weighted by Crippen LogP contribution is -2.48. The van der Waals surface area contributed by atoms with Crippen molar-refractivity contribution in [3.63, 3.8) is 0 Å². The lowest BCUT2D eigenvalue weighted by Gasteiger charge is -2.35. The largest absolute Gasteiger partial charge is 0.330 e. The zero-order valence-electron chi connectivity index (χ0n) is 13.2. The van der Waals surface area contributed by atoms with Crippen LogP contribution in [-0.4, -0.2) is 37.1 Å². The number of carbonyl (C=O) groups is 1. The standard InChI is InChI=1S/C17H27N3O/c1-14-6-8-16(9-7-14)20(12-4-10-18)17(21)19-11-3-5-15(2)13-19/h6-9,15H,3-5,10-13,18H2,1-2H3. The highest BCUT2D eigenvalue weighted by atomic mass is 16.2. The van der Waals surface area contributed by atoms with E-state index >= 15 is 0 Å². The number of urea groups is 1. The number of nitrogens with two attached hydrogens (primary N) is 1. The van der Waals surface area contributed by atoms with E-state index in [1.54, 1.807) is 0 Å². The van der Waals surface area contributed by atoms with Crippen LogP contribution in [0.2, 0.25) is 0 Å². The first-order valence-electron chi connectivity index (χ1n) is 7.95. The molecule has 0 aromatic heterocycles. The molecular weight excluding hydrogens is 262 g/mol. The predicted molar refractivity (Wildman–Crippen MR) is 87.6 cm³/mol.